The summed E-state index contributed by atoms with van der Waals surface area (Å²) in [6, 6.07) is 15.6. The van der Waals surface area contributed by atoms with E-state index in [1.165, 1.54) is 0 Å². The zero-order valence-electron chi connectivity index (χ0n) is 14.4. The fourth-order valence-electron chi connectivity index (χ4n) is 3.12. The minimum Gasteiger partial charge on any atom is -0.493 e. The molecule has 2 atom stereocenters. The molecule has 25 heavy (non-hydrogen) atoms. The molecule has 0 bridgehead atoms. The summed E-state index contributed by atoms with van der Waals surface area (Å²) in [6.45, 7) is 0.970. The Morgan fingerprint density at radius 2 is 1.92 bits per heavy atom. The molecule has 2 aromatic rings. The molecule has 1 aliphatic heterocycles. The molecule has 0 saturated carbocycles. The zero-order chi connectivity index (χ0) is 17.6. The molecule has 2 aromatic carbocycles. The van der Waals surface area contributed by atoms with Crippen molar-refractivity contribution >= 4 is 5.91 Å². The predicted octanol–water partition coefficient (Wildman–Crippen LogP) is 1.79. The van der Waals surface area contributed by atoms with Gasteiger partial charge < -0.3 is 14.8 Å². The highest BCUT2D eigenvalue weighted by Crippen LogP contribution is 2.31. The summed E-state index contributed by atoms with van der Waals surface area (Å²) in [5, 5.41) is 3.01. The van der Waals surface area contributed by atoms with Gasteiger partial charge in [-0.25, -0.2) is 5.43 Å². The Hall–Kier alpha value is -2.57. The van der Waals surface area contributed by atoms with Gasteiger partial charge in [0.05, 0.1) is 26.2 Å². The van der Waals surface area contributed by atoms with Gasteiger partial charge in [0, 0.05) is 18.7 Å². The summed E-state index contributed by atoms with van der Waals surface area (Å²) < 4.78 is 10.7. The molecule has 1 heterocycles. The first-order chi connectivity index (χ1) is 12.2. The van der Waals surface area contributed by atoms with E-state index < -0.39 is 0 Å². The van der Waals surface area contributed by atoms with Gasteiger partial charge in [-0.05, 0) is 11.6 Å². The maximum atomic E-state index is 12.7. The van der Waals surface area contributed by atoms with Crippen LogP contribution in [0.5, 0.6) is 11.5 Å². The van der Waals surface area contributed by atoms with Crippen LogP contribution >= 0.6 is 0 Å². The van der Waals surface area contributed by atoms with Crippen LogP contribution in [0.3, 0.4) is 0 Å². The average molecular weight is 341 g/mol. The van der Waals surface area contributed by atoms with Crippen molar-refractivity contribution in [3.05, 3.63) is 59.7 Å². The molecule has 3 N–H and O–H groups in total. The number of carbonyl (C=O) groups is 1. The van der Waals surface area contributed by atoms with Crippen molar-refractivity contribution in [3.8, 4) is 11.5 Å². The molecule has 0 spiro atoms. The molecule has 1 fully saturated rings. The van der Waals surface area contributed by atoms with E-state index in [4.69, 9.17) is 9.47 Å². The van der Waals surface area contributed by atoms with Crippen molar-refractivity contribution in [1.29, 1.82) is 0 Å². The highest BCUT2D eigenvalue weighted by atomic mass is 16.5. The second kappa shape index (κ2) is 8.00. The molecule has 0 aromatic heterocycles. The highest BCUT2D eigenvalue weighted by molar-refractivity contribution is 5.80. The van der Waals surface area contributed by atoms with E-state index in [1.54, 1.807) is 14.2 Å². The van der Waals surface area contributed by atoms with Crippen LogP contribution in [-0.4, -0.2) is 26.7 Å². The fourth-order valence-corrected chi connectivity index (χ4v) is 3.12. The first-order valence-corrected chi connectivity index (χ1v) is 8.25. The number of carbonyl (C=O) groups excluding carboxylic acids is 1. The van der Waals surface area contributed by atoms with Gasteiger partial charge >= 0.3 is 0 Å². The second-order valence-electron chi connectivity index (χ2n) is 5.89. The van der Waals surface area contributed by atoms with Gasteiger partial charge in [0.2, 0.25) is 5.91 Å². The Labute approximate surface area is 147 Å². The maximum absolute atomic E-state index is 12.7. The lowest BCUT2D eigenvalue weighted by Crippen LogP contribution is -2.34. The van der Waals surface area contributed by atoms with E-state index >= 15 is 0 Å². The molecular weight excluding hydrogens is 318 g/mol. The number of amides is 1. The van der Waals surface area contributed by atoms with Gasteiger partial charge in [0.1, 0.15) is 0 Å². The van der Waals surface area contributed by atoms with Crippen molar-refractivity contribution in [3.63, 3.8) is 0 Å². The summed E-state index contributed by atoms with van der Waals surface area (Å²) in [4.78, 5) is 12.7. The molecule has 6 nitrogen and oxygen atoms in total. The molecular formula is C19H23N3O3. The Morgan fingerprint density at radius 1 is 1.12 bits per heavy atom. The maximum Gasteiger partial charge on any atom is 0.226 e. The van der Waals surface area contributed by atoms with Crippen LogP contribution < -0.4 is 25.6 Å². The van der Waals surface area contributed by atoms with Crippen LogP contribution in [0.1, 0.15) is 17.2 Å². The van der Waals surface area contributed by atoms with Crippen molar-refractivity contribution in [2.45, 2.75) is 12.6 Å². The molecule has 1 amide bonds. The Balaban J connectivity index is 1.69. The number of methoxy groups -OCH3 is 2. The SMILES string of the molecule is COc1cccc(CNC(=O)C2CNNC2c2ccccc2)c1OC. The van der Waals surface area contributed by atoms with Gasteiger partial charge in [-0.2, -0.15) is 0 Å². The van der Waals surface area contributed by atoms with E-state index in [2.05, 4.69) is 16.2 Å². The molecule has 0 radical (unpaired) electrons. The highest BCUT2D eigenvalue weighted by Gasteiger charge is 2.33. The smallest absolute Gasteiger partial charge is 0.226 e. The van der Waals surface area contributed by atoms with Gasteiger partial charge in [-0.1, -0.05) is 42.5 Å². The molecule has 2 unspecified atom stereocenters. The van der Waals surface area contributed by atoms with E-state index in [-0.39, 0.29) is 17.9 Å². The van der Waals surface area contributed by atoms with Gasteiger partial charge in [-0.15, -0.1) is 0 Å². The van der Waals surface area contributed by atoms with E-state index in [1.807, 2.05) is 48.5 Å². The number of hydrazine groups is 1. The minimum atomic E-state index is -0.181. The number of para-hydroxylation sites is 1. The summed E-state index contributed by atoms with van der Waals surface area (Å²) in [5.41, 5.74) is 8.24. The minimum absolute atomic E-state index is 0.00349. The Kier molecular flexibility index (Phi) is 5.53. The first kappa shape index (κ1) is 17.3. The largest absolute Gasteiger partial charge is 0.493 e. The Morgan fingerprint density at radius 3 is 2.64 bits per heavy atom. The fraction of sp³-hybridized carbons (Fsp3) is 0.316. The van der Waals surface area contributed by atoms with Crippen LogP contribution in [-0.2, 0) is 11.3 Å². The summed E-state index contributed by atoms with van der Waals surface area (Å²) in [5.74, 6) is 1.11. The van der Waals surface area contributed by atoms with Crippen LogP contribution in [0.15, 0.2) is 48.5 Å². The van der Waals surface area contributed by atoms with E-state index in [0.29, 0.717) is 24.6 Å². The monoisotopic (exact) mass is 341 g/mol. The summed E-state index contributed by atoms with van der Waals surface area (Å²) in [6.07, 6.45) is 0. The van der Waals surface area contributed by atoms with Crippen molar-refractivity contribution in [1.82, 2.24) is 16.2 Å². The van der Waals surface area contributed by atoms with Gasteiger partial charge in [0.15, 0.2) is 11.5 Å². The molecule has 1 aliphatic rings. The first-order valence-electron chi connectivity index (χ1n) is 8.25. The van der Waals surface area contributed by atoms with E-state index in [9.17, 15) is 4.79 Å². The lowest BCUT2D eigenvalue weighted by molar-refractivity contribution is -0.125. The van der Waals surface area contributed by atoms with Crippen LogP contribution in [0, 0.1) is 5.92 Å². The molecule has 1 saturated heterocycles. The molecule has 132 valence electrons. The third kappa shape index (κ3) is 3.75. The summed E-state index contributed by atoms with van der Waals surface area (Å²) in [7, 11) is 3.19. The quantitative estimate of drug-likeness (QED) is 0.747. The zero-order valence-corrected chi connectivity index (χ0v) is 14.4. The standard InChI is InChI=1S/C19H23N3O3/c1-24-16-10-6-9-14(18(16)25-2)11-20-19(23)15-12-21-22-17(15)13-7-4-3-5-8-13/h3-10,15,17,21-22H,11-12H2,1-2H3,(H,20,23). The number of ether oxygens (including phenoxy) is 2. The average Bonchev–Trinajstić information content (AvgIpc) is 3.16. The summed E-state index contributed by atoms with van der Waals surface area (Å²) >= 11 is 0. The molecule has 0 aliphatic carbocycles. The number of nitrogens with one attached hydrogen (secondary N) is 3. The van der Waals surface area contributed by atoms with Crippen LogP contribution in [0.2, 0.25) is 0 Å². The topological polar surface area (TPSA) is 71.6 Å². The lowest BCUT2D eigenvalue weighted by Gasteiger charge is -2.19. The van der Waals surface area contributed by atoms with Crippen LogP contribution in [0.4, 0.5) is 0 Å². The Bertz CT molecular complexity index is 721. The van der Waals surface area contributed by atoms with Crippen molar-refractivity contribution in [2.24, 2.45) is 5.92 Å². The third-order valence-electron chi connectivity index (χ3n) is 4.41. The number of hydrogen-bond donors (Lipinski definition) is 3. The van der Waals surface area contributed by atoms with Crippen molar-refractivity contribution in [2.75, 3.05) is 20.8 Å². The second-order valence-corrected chi connectivity index (χ2v) is 5.89. The van der Waals surface area contributed by atoms with Gasteiger partial charge in [-0.3, -0.25) is 10.2 Å². The van der Waals surface area contributed by atoms with Gasteiger partial charge in [0.25, 0.3) is 0 Å². The van der Waals surface area contributed by atoms with E-state index in [0.717, 1.165) is 11.1 Å². The number of benzene rings is 2. The predicted molar refractivity (Wildman–Crippen MR) is 95.2 cm³/mol. The lowest BCUT2D eigenvalue weighted by atomic mass is 9.94. The van der Waals surface area contributed by atoms with Crippen molar-refractivity contribution < 1.29 is 14.3 Å². The molecule has 3 rings (SSSR count). The number of hydrogen-bond acceptors (Lipinski definition) is 5. The third-order valence-corrected chi connectivity index (χ3v) is 4.41. The number of rotatable bonds is 6. The van der Waals surface area contributed by atoms with Crippen LogP contribution in [0.25, 0.3) is 0 Å². The normalized spacial score (nSPS) is 19.4. The molecule has 6 heteroatoms.